The average molecular weight is 628 g/mol. The summed E-state index contributed by atoms with van der Waals surface area (Å²) in [5.41, 5.74) is 5.89. The number of ether oxygens (including phenoxy) is 2. The molecule has 4 aromatic rings. The van der Waals surface area contributed by atoms with Gasteiger partial charge in [0.25, 0.3) is 0 Å². The minimum Gasteiger partial charge on any atom is -0.466 e. The standard InChI is InChI=1S/C41H43N2O4/c1-8-46-36(44)25-26-42-32-23-21-28-15-10-12-17-30(28)37(32)40(4,5)34(42)19-14-20-35-41(6,7)38-31-18-13-11-16-29(31)22-24-33(38)43(35)27(3)39(45)47-9-2/h10-24H,3,8-9,25-26H2,1-2,4-7H3/q+1. The molecule has 2 heterocycles. The van der Waals surface area contributed by atoms with Crippen LogP contribution in [0.4, 0.5) is 11.4 Å². The maximum Gasteiger partial charge on any atom is 0.354 e. The van der Waals surface area contributed by atoms with Crippen molar-refractivity contribution in [2.45, 2.75) is 58.8 Å². The minimum absolute atomic E-state index is 0.212. The Bertz CT molecular complexity index is 2030. The Morgan fingerprint density at radius 3 is 2.09 bits per heavy atom. The maximum atomic E-state index is 13.1. The zero-order chi connectivity index (χ0) is 33.5. The Labute approximate surface area is 277 Å². The van der Waals surface area contributed by atoms with E-state index >= 15 is 0 Å². The van der Waals surface area contributed by atoms with Gasteiger partial charge in [0.05, 0.1) is 24.3 Å². The van der Waals surface area contributed by atoms with Crippen molar-refractivity contribution < 1.29 is 23.6 Å². The van der Waals surface area contributed by atoms with Gasteiger partial charge in [0.1, 0.15) is 12.1 Å². The Morgan fingerprint density at radius 1 is 0.809 bits per heavy atom. The SMILES string of the molecule is C=C(C(=O)OCC)N1/C(=C\C=C\C2=[N+](CCC(=O)OCC)c3ccc4ccccc4c3C2(C)C)C(C)(C)c2c1ccc1ccccc21. The van der Waals surface area contributed by atoms with Crippen molar-refractivity contribution in [2.24, 2.45) is 0 Å². The number of benzene rings is 4. The summed E-state index contributed by atoms with van der Waals surface area (Å²) in [6.45, 7) is 17.8. The Balaban J connectivity index is 1.49. The number of hydrogen-bond acceptors (Lipinski definition) is 5. The molecule has 0 unspecified atom stereocenters. The molecule has 240 valence electrons. The number of rotatable bonds is 9. The summed E-state index contributed by atoms with van der Waals surface area (Å²) in [6, 6.07) is 25.3. The molecule has 0 amide bonds. The molecule has 0 atom stereocenters. The van der Waals surface area contributed by atoms with Crippen LogP contribution in [-0.4, -0.2) is 42.0 Å². The van der Waals surface area contributed by atoms with E-state index in [1.165, 1.54) is 16.3 Å². The van der Waals surface area contributed by atoms with Gasteiger partial charge in [-0.25, -0.2) is 4.79 Å². The summed E-state index contributed by atoms with van der Waals surface area (Å²) in [4.78, 5) is 27.6. The molecular weight excluding hydrogens is 584 g/mol. The molecule has 6 heteroatoms. The number of carbonyl (C=O) groups is 2. The molecule has 0 bridgehead atoms. The van der Waals surface area contributed by atoms with Crippen LogP contribution < -0.4 is 4.90 Å². The van der Waals surface area contributed by atoms with Crippen molar-refractivity contribution in [2.75, 3.05) is 24.7 Å². The van der Waals surface area contributed by atoms with Crippen LogP contribution in [0.1, 0.15) is 59.1 Å². The van der Waals surface area contributed by atoms with Crippen molar-refractivity contribution in [1.82, 2.24) is 0 Å². The zero-order valence-corrected chi connectivity index (χ0v) is 28.2. The minimum atomic E-state index is -0.450. The molecule has 0 aromatic heterocycles. The number of fused-ring (bicyclic) bond motifs is 6. The molecule has 0 spiro atoms. The van der Waals surface area contributed by atoms with E-state index in [4.69, 9.17) is 9.47 Å². The lowest BCUT2D eigenvalue weighted by atomic mass is 9.79. The van der Waals surface area contributed by atoms with E-state index in [0.717, 1.165) is 39.1 Å². The largest absolute Gasteiger partial charge is 0.466 e. The third kappa shape index (κ3) is 5.36. The molecule has 2 aliphatic rings. The molecule has 6 nitrogen and oxygen atoms in total. The summed E-state index contributed by atoms with van der Waals surface area (Å²) in [7, 11) is 0. The first-order valence-electron chi connectivity index (χ1n) is 16.4. The number of nitrogens with zero attached hydrogens (tertiary/aromatic N) is 2. The van der Waals surface area contributed by atoms with Crippen LogP contribution >= 0.6 is 0 Å². The van der Waals surface area contributed by atoms with Crippen LogP contribution in [0, 0.1) is 0 Å². The first-order chi connectivity index (χ1) is 22.5. The van der Waals surface area contributed by atoms with E-state index in [2.05, 4.69) is 124 Å². The van der Waals surface area contributed by atoms with E-state index in [-0.39, 0.29) is 30.1 Å². The Kier molecular flexibility index (Phi) is 8.39. The lowest BCUT2D eigenvalue weighted by Gasteiger charge is -2.27. The van der Waals surface area contributed by atoms with Gasteiger partial charge < -0.3 is 14.4 Å². The highest BCUT2D eigenvalue weighted by Gasteiger charge is 2.46. The highest BCUT2D eigenvalue weighted by molar-refractivity contribution is 6.08. The predicted molar refractivity (Wildman–Crippen MR) is 190 cm³/mol. The van der Waals surface area contributed by atoms with Crippen LogP contribution in [0.2, 0.25) is 0 Å². The summed E-state index contributed by atoms with van der Waals surface area (Å²) in [5.74, 6) is -0.659. The van der Waals surface area contributed by atoms with Crippen molar-refractivity contribution in [3.8, 4) is 0 Å². The zero-order valence-electron chi connectivity index (χ0n) is 28.2. The van der Waals surface area contributed by atoms with Crippen molar-refractivity contribution in [1.29, 1.82) is 0 Å². The molecule has 0 saturated carbocycles. The van der Waals surface area contributed by atoms with E-state index in [1.54, 1.807) is 6.92 Å². The van der Waals surface area contributed by atoms with Crippen LogP contribution in [0.5, 0.6) is 0 Å². The van der Waals surface area contributed by atoms with Crippen LogP contribution in [0.15, 0.2) is 109 Å². The van der Waals surface area contributed by atoms with Gasteiger partial charge in [-0.15, -0.1) is 0 Å². The van der Waals surface area contributed by atoms with Crippen molar-refractivity contribution in [3.63, 3.8) is 0 Å². The van der Waals surface area contributed by atoms with Gasteiger partial charge in [-0.2, -0.15) is 4.58 Å². The first kappa shape index (κ1) is 32.0. The lowest BCUT2D eigenvalue weighted by molar-refractivity contribution is -0.436. The molecule has 47 heavy (non-hydrogen) atoms. The fourth-order valence-corrected chi connectivity index (χ4v) is 7.46. The molecule has 2 aliphatic heterocycles. The fraction of sp³-hybridized carbons (Fsp3) is 0.293. The van der Waals surface area contributed by atoms with Gasteiger partial charge in [-0.3, -0.25) is 4.79 Å². The summed E-state index contributed by atoms with van der Waals surface area (Å²) in [6.07, 6.45) is 6.58. The molecule has 0 fully saturated rings. The third-order valence-corrected chi connectivity index (χ3v) is 9.54. The summed E-state index contributed by atoms with van der Waals surface area (Å²) < 4.78 is 13.0. The molecule has 0 saturated heterocycles. The number of esters is 2. The Morgan fingerprint density at radius 2 is 1.43 bits per heavy atom. The van der Waals surface area contributed by atoms with E-state index < -0.39 is 11.4 Å². The second kappa shape index (κ2) is 12.3. The molecule has 0 N–H and O–H groups in total. The van der Waals surface area contributed by atoms with Gasteiger partial charge in [0, 0.05) is 28.8 Å². The maximum absolute atomic E-state index is 13.1. The number of allylic oxidation sites excluding steroid dienone is 4. The number of carbonyl (C=O) groups excluding carboxylic acids is 2. The predicted octanol–water partition coefficient (Wildman–Crippen LogP) is 8.64. The molecule has 6 rings (SSSR count). The first-order valence-corrected chi connectivity index (χ1v) is 16.4. The van der Waals surface area contributed by atoms with E-state index in [9.17, 15) is 9.59 Å². The molecule has 0 radical (unpaired) electrons. The third-order valence-electron chi connectivity index (χ3n) is 9.54. The van der Waals surface area contributed by atoms with Crippen molar-refractivity contribution >= 4 is 50.6 Å². The van der Waals surface area contributed by atoms with Gasteiger partial charge in [-0.1, -0.05) is 81.1 Å². The topological polar surface area (TPSA) is 58.8 Å². The number of anilines is 1. The number of hydrogen-bond donors (Lipinski definition) is 0. The van der Waals surface area contributed by atoms with Crippen LogP contribution in [-0.2, 0) is 29.9 Å². The van der Waals surface area contributed by atoms with E-state index in [1.807, 2.05) is 17.9 Å². The highest BCUT2D eigenvalue weighted by Crippen LogP contribution is 2.52. The van der Waals surface area contributed by atoms with Gasteiger partial charge in [-0.05, 0) is 73.0 Å². The van der Waals surface area contributed by atoms with Crippen molar-refractivity contribution in [3.05, 3.63) is 120 Å². The van der Waals surface area contributed by atoms with Gasteiger partial charge in [0.15, 0.2) is 12.3 Å². The highest BCUT2D eigenvalue weighted by atomic mass is 16.5. The fourth-order valence-electron chi connectivity index (χ4n) is 7.46. The summed E-state index contributed by atoms with van der Waals surface area (Å²) in [5, 5.41) is 4.67. The smallest absolute Gasteiger partial charge is 0.354 e. The second-order valence-electron chi connectivity index (χ2n) is 13.1. The molecule has 0 aliphatic carbocycles. The monoisotopic (exact) mass is 627 g/mol. The van der Waals surface area contributed by atoms with Gasteiger partial charge in [0.2, 0.25) is 5.69 Å². The normalized spacial score (nSPS) is 17.1. The lowest BCUT2D eigenvalue weighted by Crippen LogP contribution is -2.30. The molecular formula is C41H43N2O4+. The summed E-state index contributed by atoms with van der Waals surface area (Å²) >= 11 is 0. The average Bonchev–Trinajstić information content (AvgIpc) is 3.42. The molecule has 4 aromatic carbocycles. The van der Waals surface area contributed by atoms with E-state index in [0.29, 0.717) is 13.2 Å². The van der Waals surface area contributed by atoms with Crippen LogP contribution in [0.3, 0.4) is 0 Å². The quantitative estimate of drug-likeness (QED) is 0.106. The Hall–Kier alpha value is -4.97. The van der Waals surface area contributed by atoms with Crippen LogP contribution in [0.25, 0.3) is 21.5 Å². The van der Waals surface area contributed by atoms with Gasteiger partial charge >= 0.3 is 11.9 Å². The second-order valence-corrected chi connectivity index (χ2v) is 13.1.